The number of aliphatic hydroxyl groups is 1. The van der Waals surface area contributed by atoms with Gasteiger partial charge in [-0.1, -0.05) is 6.07 Å². The van der Waals surface area contributed by atoms with Gasteiger partial charge in [-0.3, -0.25) is 0 Å². The first-order chi connectivity index (χ1) is 9.17. The van der Waals surface area contributed by atoms with Crippen LogP contribution in [0.4, 0.5) is 0 Å². The first-order valence-electron chi connectivity index (χ1n) is 6.27. The van der Waals surface area contributed by atoms with Crippen LogP contribution in [0, 0.1) is 13.8 Å². The van der Waals surface area contributed by atoms with Crippen LogP contribution >= 0.6 is 0 Å². The third-order valence-corrected chi connectivity index (χ3v) is 2.61. The fourth-order valence-electron chi connectivity index (χ4n) is 1.90. The molecule has 0 aromatic heterocycles. The van der Waals surface area contributed by atoms with Gasteiger partial charge in [-0.2, -0.15) is 0 Å². The molecule has 0 spiro atoms. The molecule has 0 aliphatic heterocycles. The molecular weight excluding hydrogens is 240 g/mol. The van der Waals surface area contributed by atoms with E-state index in [0.29, 0.717) is 6.61 Å². The smallest absolute Gasteiger partial charge is 0.127 e. The highest BCUT2D eigenvalue weighted by Gasteiger charge is 2.00. The van der Waals surface area contributed by atoms with E-state index in [2.05, 4.69) is 6.07 Å². The average molecular weight is 258 g/mol. The van der Waals surface area contributed by atoms with Crippen molar-refractivity contribution in [2.24, 2.45) is 0 Å². The third-order valence-electron chi connectivity index (χ3n) is 2.61. The van der Waals surface area contributed by atoms with Gasteiger partial charge in [0.05, 0.1) is 6.61 Å². The zero-order chi connectivity index (χ0) is 13.7. The Morgan fingerprint density at radius 2 is 1.42 bits per heavy atom. The summed E-state index contributed by atoms with van der Waals surface area (Å²) in [5.74, 6) is 2.32. The summed E-state index contributed by atoms with van der Waals surface area (Å²) in [4.78, 5) is 0. The van der Waals surface area contributed by atoms with Crippen LogP contribution in [0.5, 0.6) is 17.2 Å². The Balaban J connectivity index is 2.06. The highest BCUT2D eigenvalue weighted by molar-refractivity contribution is 5.38. The standard InChI is InChI=1S/C16H18O3/c1-12-9-13(2)11-16(10-12)19-15-5-3-14(4-6-15)18-8-7-17/h3-6,9-11,17H,7-8H2,1-2H3. The number of ether oxygens (including phenoxy) is 2. The van der Waals surface area contributed by atoms with Crippen molar-refractivity contribution in [2.75, 3.05) is 13.2 Å². The van der Waals surface area contributed by atoms with Crippen LogP contribution in [0.2, 0.25) is 0 Å². The molecule has 2 aromatic carbocycles. The van der Waals surface area contributed by atoms with Gasteiger partial charge in [-0.15, -0.1) is 0 Å². The van der Waals surface area contributed by atoms with Crippen LogP contribution in [-0.2, 0) is 0 Å². The SMILES string of the molecule is Cc1cc(C)cc(Oc2ccc(OCCO)cc2)c1. The van der Waals surface area contributed by atoms with Gasteiger partial charge in [0.25, 0.3) is 0 Å². The minimum atomic E-state index is 0.0147. The summed E-state index contributed by atoms with van der Waals surface area (Å²) in [6.45, 7) is 4.41. The van der Waals surface area contributed by atoms with Crippen LogP contribution in [0.3, 0.4) is 0 Å². The van der Waals surface area contributed by atoms with Gasteiger partial charge in [0.2, 0.25) is 0 Å². The Morgan fingerprint density at radius 3 is 2.00 bits per heavy atom. The van der Waals surface area contributed by atoms with E-state index in [0.717, 1.165) is 17.2 Å². The van der Waals surface area contributed by atoms with Gasteiger partial charge in [0.1, 0.15) is 23.9 Å². The zero-order valence-electron chi connectivity index (χ0n) is 11.2. The summed E-state index contributed by atoms with van der Waals surface area (Å²) in [7, 11) is 0. The maximum absolute atomic E-state index is 8.68. The predicted molar refractivity (Wildman–Crippen MR) is 75.0 cm³/mol. The molecule has 2 aromatic rings. The fourth-order valence-corrected chi connectivity index (χ4v) is 1.90. The Bertz CT molecular complexity index is 512. The second-order valence-electron chi connectivity index (χ2n) is 4.47. The van der Waals surface area contributed by atoms with E-state index in [1.54, 1.807) is 0 Å². The van der Waals surface area contributed by atoms with E-state index in [-0.39, 0.29) is 6.61 Å². The predicted octanol–water partition coefficient (Wildman–Crippen LogP) is 3.47. The number of rotatable bonds is 5. The minimum absolute atomic E-state index is 0.0147. The Hall–Kier alpha value is -2.00. The molecule has 1 N–H and O–H groups in total. The minimum Gasteiger partial charge on any atom is -0.491 e. The van der Waals surface area contributed by atoms with Crippen molar-refractivity contribution >= 4 is 0 Å². The molecule has 0 atom stereocenters. The average Bonchev–Trinajstić information content (AvgIpc) is 2.37. The summed E-state index contributed by atoms with van der Waals surface area (Å²) in [6, 6.07) is 13.5. The van der Waals surface area contributed by atoms with Gasteiger partial charge in [0.15, 0.2) is 0 Å². The van der Waals surface area contributed by atoms with Gasteiger partial charge in [-0.25, -0.2) is 0 Å². The molecule has 0 bridgehead atoms. The van der Waals surface area contributed by atoms with Crippen LogP contribution in [0.25, 0.3) is 0 Å². The lowest BCUT2D eigenvalue weighted by molar-refractivity contribution is 0.201. The molecule has 3 nitrogen and oxygen atoms in total. The normalized spacial score (nSPS) is 10.3. The summed E-state index contributed by atoms with van der Waals surface area (Å²) < 4.78 is 11.1. The van der Waals surface area contributed by atoms with Crippen LogP contribution in [0.15, 0.2) is 42.5 Å². The van der Waals surface area contributed by atoms with Crippen molar-refractivity contribution in [3.63, 3.8) is 0 Å². The third kappa shape index (κ3) is 4.00. The van der Waals surface area contributed by atoms with Crippen molar-refractivity contribution in [1.82, 2.24) is 0 Å². The van der Waals surface area contributed by atoms with Gasteiger partial charge < -0.3 is 14.6 Å². The lowest BCUT2D eigenvalue weighted by Crippen LogP contribution is -2.01. The molecule has 2 rings (SSSR count). The first kappa shape index (κ1) is 13.4. The quantitative estimate of drug-likeness (QED) is 0.892. The van der Waals surface area contributed by atoms with Crippen molar-refractivity contribution in [3.8, 4) is 17.2 Å². The van der Waals surface area contributed by atoms with E-state index in [1.165, 1.54) is 11.1 Å². The molecule has 3 heteroatoms. The first-order valence-corrected chi connectivity index (χ1v) is 6.27. The molecule has 100 valence electrons. The van der Waals surface area contributed by atoms with E-state index < -0.39 is 0 Å². The molecule has 0 aliphatic rings. The summed E-state index contributed by atoms with van der Waals surface area (Å²) in [5, 5.41) is 8.68. The second kappa shape index (κ2) is 6.25. The Morgan fingerprint density at radius 1 is 0.842 bits per heavy atom. The molecular formula is C16H18O3. The van der Waals surface area contributed by atoms with E-state index in [1.807, 2.05) is 50.2 Å². The Kier molecular flexibility index (Phi) is 4.42. The van der Waals surface area contributed by atoms with Crippen LogP contribution < -0.4 is 9.47 Å². The number of aliphatic hydroxyl groups excluding tert-OH is 1. The van der Waals surface area contributed by atoms with E-state index >= 15 is 0 Å². The molecule has 19 heavy (non-hydrogen) atoms. The lowest BCUT2D eigenvalue weighted by atomic mass is 10.1. The molecule has 0 unspecified atom stereocenters. The number of aryl methyl sites for hydroxylation is 2. The second-order valence-corrected chi connectivity index (χ2v) is 4.47. The highest BCUT2D eigenvalue weighted by Crippen LogP contribution is 2.25. The highest BCUT2D eigenvalue weighted by atomic mass is 16.5. The molecule has 0 saturated carbocycles. The number of benzene rings is 2. The molecule has 0 aliphatic carbocycles. The maximum atomic E-state index is 8.68. The van der Waals surface area contributed by atoms with Gasteiger partial charge in [-0.05, 0) is 61.4 Å². The summed E-state index contributed by atoms with van der Waals surface area (Å²) >= 11 is 0. The molecule has 0 amide bonds. The van der Waals surface area contributed by atoms with Gasteiger partial charge >= 0.3 is 0 Å². The number of hydrogen-bond donors (Lipinski definition) is 1. The van der Waals surface area contributed by atoms with E-state index in [4.69, 9.17) is 14.6 Å². The largest absolute Gasteiger partial charge is 0.491 e. The van der Waals surface area contributed by atoms with Crippen molar-refractivity contribution in [2.45, 2.75) is 13.8 Å². The van der Waals surface area contributed by atoms with Crippen molar-refractivity contribution in [1.29, 1.82) is 0 Å². The zero-order valence-corrected chi connectivity index (χ0v) is 11.2. The maximum Gasteiger partial charge on any atom is 0.127 e. The van der Waals surface area contributed by atoms with Crippen molar-refractivity contribution < 1.29 is 14.6 Å². The molecule has 0 fully saturated rings. The summed E-state index contributed by atoms with van der Waals surface area (Å²) in [6.07, 6.45) is 0. The molecule has 0 heterocycles. The molecule has 0 radical (unpaired) electrons. The lowest BCUT2D eigenvalue weighted by Gasteiger charge is -2.09. The number of hydrogen-bond acceptors (Lipinski definition) is 3. The van der Waals surface area contributed by atoms with Crippen LogP contribution in [0.1, 0.15) is 11.1 Å². The Labute approximate surface area is 113 Å². The molecule has 0 saturated heterocycles. The van der Waals surface area contributed by atoms with Gasteiger partial charge in [0, 0.05) is 0 Å². The van der Waals surface area contributed by atoms with Crippen LogP contribution in [-0.4, -0.2) is 18.3 Å². The monoisotopic (exact) mass is 258 g/mol. The topological polar surface area (TPSA) is 38.7 Å². The fraction of sp³-hybridized carbons (Fsp3) is 0.250. The van der Waals surface area contributed by atoms with E-state index in [9.17, 15) is 0 Å². The van der Waals surface area contributed by atoms with Crippen molar-refractivity contribution in [3.05, 3.63) is 53.6 Å². The summed E-state index contributed by atoms with van der Waals surface area (Å²) in [5.41, 5.74) is 2.36.